The minimum Gasteiger partial charge on any atom is -0.395 e. The average molecular weight is 266 g/mol. The maximum Gasteiger partial charge on any atom is 0.276 e. The molecule has 3 N–H and O–H groups in total. The molecule has 6 nitrogen and oxygen atoms in total. The average Bonchev–Trinajstić information content (AvgIpc) is 2.80. The molecule has 0 aromatic carbocycles. The molecular formula is C13H22N4O2. The molecule has 0 radical (unpaired) electrons. The zero-order valence-corrected chi connectivity index (χ0v) is 11.8. The number of nitrogens with zero attached hydrogens (tertiary/aromatic N) is 2. The molecule has 1 aliphatic rings. The molecule has 1 aromatic rings. The number of ether oxygens (including phenoxy) is 1. The summed E-state index contributed by atoms with van der Waals surface area (Å²) in [5.41, 5.74) is 7.63. The molecule has 2 rings (SSSR count). The molecule has 1 saturated heterocycles. The Morgan fingerprint density at radius 3 is 2.89 bits per heavy atom. The molecule has 1 fully saturated rings. The molecule has 0 spiro atoms. The zero-order valence-electron chi connectivity index (χ0n) is 11.8. The van der Waals surface area contributed by atoms with Crippen LogP contribution in [0.3, 0.4) is 0 Å². The van der Waals surface area contributed by atoms with Crippen molar-refractivity contribution in [2.45, 2.75) is 38.7 Å². The smallest absolute Gasteiger partial charge is 0.276 e. The monoisotopic (exact) mass is 266 g/mol. The molecule has 1 aliphatic heterocycles. The van der Waals surface area contributed by atoms with Crippen LogP contribution >= 0.6 is 0 Å². The molecule has 1 aromatic heterocycles. The van der Waals surface area contributed by atoms with E-state index in [2.05, 4.69) is 10.2 Å². The molecule has 1 amide bonds. The minimum atomic E-state index is -0.109. The van der Waals surface area contributed by atoms with Crippen molar-refractivity contribution in [3.8, 4) is 0 Å². The first-order valence-corrected chi connectivity index (χ1v) is 6.70. The maximum absolute atomic E-state index is 12.4. The second-order valence-corrected chi connectivity index (χ2v) is 5.31. The minimum absolute atomic E-state index is 0.109. The summed E-state index contributed by atoms with van der Waals surface area (Å²) in [4.78, 5) is 14.2. The molecule has 6 heteroatoms. The van der Waals surface area contributed by atoms with Crippen molar-refractivity contribution in [3.63, 3.8) is 0 Å². The highest BCUT2D eigenvalue weighted by atomic mass is 16.5. The Hall–Kier alpha value is -1.56. The number of nitrogens with one attached hydrogen (secondary N) is 1. The molecule has 2 heterocycles. The first kappa shape index (κ1) is 13.9. The number of carbonyl (C=O) groups is 1. The summed E-state index contributed by atoms with van der Waals surface area (Å²) in [7, 11) is 1.68. The highest BCUT2D eigenvalue weighted by Gasteiger charge is 2.28. The van der Waals surface area contributed by atoms with Gasteiger partial charge in [-0.25, -0.2) is 0 Å². The zero-order chi connectivity index (χ0) is 14.0. The maximum atomic E-state index is 12.4. The Morgan fingerprint density at radius 2 is 2.32 bits per heavy atom. The fourth-order valence-corrected chi connectivity index (χ4v) is 2.43. The molecule has 0 aliphatic carbocycles. The van der Waals surface area contributed by atoms with Gasteiger partial charge < -0.3 is 15.4 Å². The third-order valence-corrected chi connectivity index (χ3v) is 3.61. The first-order valence-electron chi connectivity index (χ1n) is 6.70. The number of nitrogen functional groups attached to an aromatic ring is 1. The summed E-state index contributed by atoms with van der Waals surface area (Å²) in [6, 6.07) is 0. The molecule has 19 heavy (non-hydrogen) atoms. The Kier molecular flexibility index (Phi) is 4.09. The molecule has 1 atom stereocenters. The number of rotatable bonds is 3. The van der Waals surface area contributed by atoms with E-state index in [-0.39, 0.29) is 17.9 Å². The highest BCUT2D eigenvalue weighted by molar-refractivity contribution is 5.97. The Labute approximate surface area is 113 Å². The normalized spacial score (nSPS) is 20.0. The SMILES string of the molecule is COC1CCCN(C(=O)c2n[nH]c(C(C)C)c2N)C1. The largest absolute Gasteiger partial charge is 0.395 e. The van der Waals surface area contributed by atoms with Gasteiger partial charge in [0.25, 0.3) is 5.91 Å². The van der Waals surface area contributed by atoms with Gasteiger partial charge in [0.15, 0.2) is 5.69 Å². The number of anilines is 1. The Bertz CT molecular complexity index is 455. The van der Waals surface area contributed by atoms with Gasteiger partial charge in [-0.1, -0.05) is 13.8 Å². The van der Waals surface area contributed by atoms with Crippen molar-refractivity contribution in [1.82, 2.24) is 15.1 Å². The number of likely N-dealkylation sites (tertiary alicyclic amines) is 1. The van der Waals surface area contributed by atoms with E-state index in [9.17, 15) is 4.79 Å². The second kappa shape index (κ2) is 5.61. The molecule has 1 unspecified atom stereocenters. The van der Waals surface area contributed by atoms with Crippen LogP contribution in [0.5, 0.6) is 0 Å². The molecule has 106 valence electrons. The predicted molar refractivity (Wildman–Crippen MR) is 73.0 cm³/mol. The van der Waals surface area contributed by atoms with Crippen LogP contribution in [0.25, 0.3) is 0 Å². The number of aromatic amines is 1. The summed E-state index contributed by atoms with van der Waals surface area (Å²) in [5.74, 6) is 0.115. The van der Waals surface area contributed by atoms with Crippen LogP contribution in [0.2, 0.25) is 0 Å². The highest BCUT2D eigenvalue weighted by Crippen LogP contribution is 2.24. The van der Waals surface area contributed by atoms with Crippen LogP contribution in [-0.2, 0) is 4.74 Å². The summed E-state index contributed by atoms with van der Waals surface area (Å²) < 4.78 is 5.33. The van der Waals surface area contributed by atoms with Gasteiger partial charge in [0.2, 0.25) is 0 Å². The summed E-state index contributed by atoms with van der Waals surface area (Å²) >= 11 is 0. The van der Waals surface area contributed by atoms with E-state index in [0.29, 0.717) is 17.9 Å². The van der Waals surface area contributed by atoms with E-state index in [1.54, 1.807) is 12.0 Å². The van der Waals surface area contributed by atoms with Crippen molar-refractivity contribution in [2.75, 3.05) is 25.9 Å². The standard InChI is InChI=1S/C13H22N4O2/c1-8(2)11-10(14)12(16-15-11)13(18)17-6-4-5-9(7-17)19-3/h8-9H,4-7,14H2,1-3H3,(H,15,16). The number of amides is 1. The number of nitrogens with two attached hydrogens (primary N) is 1. The van der Waals surface area contributed by atoms with Gasteiger partial charge in [0, 0.05) is 20.2 Å². The number of H-pyrrole nitrogens is 1. The van der Waals surface area contributed by atoms with Crippen LogP contribution < -0.4 is 5.73 Å². The first-order chi connectivity index (χ1) is 9.04. The lowest BCUT2D eigenvalue weighted by Crippen LogP contribution is -2.43. The van der Waals surface area contributed by atoms with Gasteiger partial charge in [-0.3, -0.25) is 9.89 Å². The van der Waals surface area contributed by atoms with Gasteiger partial charge in [-0.2, -0.15) is 5.10 Å². The Balaban J connectivity index is 2.15. The number of carbonyl (C=O) groups excluding carboxylic acids is 1. The number of piperidine rings is 1. The number of aromatic nitrogens is 2. The third-order valence-electron chi connectivity index (χ3n) is 3.61. The predicted octanol–water partition coefficient (Wildman–Crippen LogP) is 1.37. The summed E-state index contributed by atoms with van der Waals surface area (Å²) in [5, 5.41) is 6.95. The molecule has 0 saturated carbocycles. The lowest BCUT2D eigenvalue weighted by atomic mass is 10.1. The number of hydrogen-bond donors (Lipinski definition) is 2. The van der Waals surface area contributed by atoms with Crippen LogP contribution in [-0.4, -0.2) is 47.3 Å². The van der Waals surface area contributed by atoms with Gasteiger partial charge in [-0.05, 0) is 18.8 Å². The van der Waals surface area contributed by atoms with E-state index in [1.807, 2.05) is 13.8 Å². The summed E-state index contributed by atoms with van der Waals surface area (Å²) in [6.07, 6.45) is 2.06. The number of hydrogen-bond acceptors (Lipinski definition) is 4. The lowest BCUT2D eigenvalue weighted by molar-refractivity contribution is 0.0266. The van der Waals surface area contributed by atoms with Crippen molar-refractivity contribution >= 4 is 11.6 Å². The van der Waals surface area contributed by atoms with Gasteiger partial charge in [0.05, 0.1) is 17.5 Å². The van der Waals surface area contributed by atoms with Crippen molar-refractivity contribution in [1.29, 1.82) is 0 Å². The topological polar surface area (TPSA) is 84.2 Å². The van der Waals surface area contributed by atoms with Gasteiger partial charge in [-0.15, -0.1) is 0 Å². The lowest BCUT2D eigenvalue weighted by Gasteiger charge is -2.31. The van der Waals surface area contributed by atoms with Gasteiger partial charge in [0.1, 0.15) is 0 Å². The van der Waals surface area contributed by atoms with Crippen molar-refractivity contribution in [3.05, 3.63) is 11.4 Å². The quantitative estimate of drug-likeness (QED) is 0.865. The van der Waals surface area contributed by atoms with Crippen LogP contribution in [0, 0.1) is 0 Å². The van der Waals surface area contributed by atoms with E-state index in [1.165, 1.54) is 0 Å². The van der Waals surface area contributed by atoms with Crippen molar-refractivity contribution < 1.29 is 9.53 Å². The van der Waals surface area contributed by atoms with E-state index in [0.717, 1.165) is 25.1 Å². The van der Waals surface area contributed by atoms with Crippen LogP contribution in [0.1, 0.15) is 48.8 Å². The molecule has 0 bridgehead atoms. The van der Waals surface area contributed by atoms with Crippen LogP contribution in [0.4, 0.5) is 5.69 Å². The number of methoxy groups -OCH3 is 1. The fraction of sp³-hybridized carbons (Fsp3) is 0.692. The Morgan fingerprint density at radius 1 is 1.58 bits per heavy atom. The second-order valence-electron chi connectivity index (χ2n) is 5.31. The van der Waals surface area contributed by atoms with E-state index >= 15 is 0 Å². The third kappa shape index (κ3) is 2.73. The van der Waals surface area contributed by atoms with Gasteiger partial charge >= 0.3 is 0 Å². The fourth-order valence-electron chi connectivity index (χ4n) is 2.43. The summed E-state index contributed by atoms with van der Waals surface area (Å²) in [6.45, 7) is 5.38. The van der Waals surface area contributed by atoms with Crippen molar-refractivity contribution in [2.24, 2.45) is 0 Å². The van der Waals surface area contributed by atoms with Crippen LogP contribution in [0.15, 0.2) is 0 Å². The van der Waals surface area contributed by atoms with E-state index in [4.69, 9.17) is 10.5 Å². The molecular weight excluding hydrogens is 244 g/mol. The van der Waals surface area contributed by atoms with E-state index < -0.39 is 0 Å².